The number of hydrogen-bond acceptors (Lipinski definition) is 8. The Morgan fingerprint density at radius 2 is 1.62 bits per heavy atom. The van der Waals surface area contributed by atoms with Crippen molar-refractivity contribution in [2.75, 3.05) is 13.9 Å². The predicted molar refractivity (Wildman–Crippen MR) is 75.6 cm³/mol. The minimum absolute atomic E-state index is 0.00352. The number of ether oxygens (including phenoxy) is 3. The Bertz CT molecular complexity index is 392. The number of thioether (sulfide) groups is 1. The Morgan fingerprint density at radius 1 is 1.00 bits per heavy atom. The fourth-order valence-corrected chi connectivity index (χ4v) is 1.73. The third-order valence-electron chi connectivity index (χ3n) is 2.38. The van der Waals surface area contributed by atoms with Gasteiger partial charge in [0.15, 0.2) is 0 Å². The molecule has 0 bridgehead atoms. The van der Waals surface area contributed by atoms with Crippen molar-refractivity contribution in [1.82, 2.24) is 0 Å². The molecule has 0 radical (unpaired) electrons. The van der Waals surface area contributed by atoms with E-state index >= 15 is 0 Å². The molecule has 0 aliphatic carbocycles. The molecule has 0 heterocycles. The zero-order valence-corrected chi connectivity index (χ0v) is 13.4. The van der Waals surface area contributed by atoms with Crippen LogP contribution >= 0.6 is 11.8 Å². The molecule has 120 valence electrons. The van der Waals surface area contributed by atoms with Crippen LogP contribution in [0.15, 0.2) is 0 Å². The molecule has 0 saturated heterocycles. The van der Waals surface area contributed by atoms with Gasteiger partial charge in [-0.15, -0.1) is 0 Å². The Morgan fingerprint density at radius 3 is 2.14 bits per heavy atom. The van der Waals surface area contributed by atoms with Crippen LogP contribution in [0, 0.1) is 5.92 Å². The van der Waals surface area contributed by atoms with Crippen molar-refractivity contribution in [3.8, 4) is 0 Å². The van der Waals surface area contributed by atoms with Crippen molar-refractivity contribution in [2.24, 2.45) is 5.92 Å². The second-order valence-electron chi connectivity index (χ2n) is 4.43. The molecular weight excluding hydrogens is 300 g/mol. The van der Waals surface area contributed by atoms with Gasteiger partial charge in [-0.2, -0.15) is 0 Å². The number of esters is 2. The van der Waals surface area contributed by atoms with E-state index < -0.39 is 29.3 Å². The van der Waals surface area contributed by atoms with E-state index in [1.54, 1.807) is 13.8 Å². The van der Waals surface area contributed by atoms with E-state index in [1.807, 2.05) is 0 Å². The summed E-state index contributed by atoms with van der Waals surface area (Å²) in [5.41, 5.74) is 0. The van der Waals surface area contributed by atoms with Gasteiger partial charge in [0.2, 0.25) is 6.79 Å². The summed E-state index contributed by atoms with van der Waals surface area (Å²) in [6, 6.07) is 0. The first kappa shape index (κ1) is 19.4. The van der Waals surface area contributed by atoms with E-state index in [2.05, 4.69) is 14.2 Å². The van der Waals surface area contributed by atoms with Gasteiger partial charge in [0, 0.05) is 6.42 Å². The summed E-state index contributed by atoms with van der Waals surface area (Å²) < 4.78 is 13.8. The molecule has 1 atom stereocenters. The van der Waals surface area contributed by atoms with Crippen LogP contribution in [0.4, 0.5) is 4.79 Å². The number of ketones is 1. The smallest absolute Gasteiger partial charge is 0.370 e. The summed E-state index contributed by atoms with van der Waals surface area (Å²) in [5, 5.41) is -1.37. The Labute approximate surface area is 127 Å². The number of carbonyl (C=O) groups is 4. The first-order valence-corrected chi connectivity index (χ1v) is 7.25. The van der Waals surface area contributed by atoms with E-state index in [1.165, 1.54) is 14.0 Å². The first-order valence-electron chi connectivity index (χ1n) is 6.37. The van der Waals surface area contributed by atoms with Crippen LogP contribution in [0.25, 0.3) is 0 Å². The van der Waals surface area contributed by atoms with Crippen molar-refractivity contribution in [3.63, 3.8) is 0 Å². The van der Waals surface area contributed by atoms with Crippen molar-refractivity contribution in [3.05, 3.63) is 0 Å². The number of methoxy groups -OCH3 is 1. The summed E-state index contributed by atoms with van der Waals surface area (Å²) in [6.45, 7) is 4.36. The number of Topliss-reactive ketones (excluding diaryl/α,β-unsaturated/α-hetero) is 1. The monoisotopic (exact) mass is 320 g/mol. The van der Waals surface area contributed by atoms with Gasteiger partial charge in [-0.25, -0.2) is 4.79 Å². The van der Waals surface area contributed by atoms with Crippen LogP contribution < -0.4 is 0 Å². The van der Waals surface area contributed by atoms with E-state index in [0.29, 0.717) is 11.8 Å². The molecule has 7 nitrogen and oxygen atoms in total. The van der Waals surface area contributed by atoms with Crippen molar-refractivity contribution < 1.29 is 33.4 Å². The minimum atomic E-state index is -0.717. The number of carbonyl (C=O) groups excluding carboxylic acids is 4. The molecule has 0 spiro atoms. The van der Waals surface area contributed by atoms with E-state index in [4.69, 9.17) is 0 Å². The highest BCUT2D eigenvalue weighted by molar-refractivity contribution is 8.14. The molecule has 0 rings (SSSR count). The summed E-state index contributed by atoms with van der Waals surface area (Å²) in [5.74, 6) is -1.53. The van der Waals surface area contributed by atoms with E-state index in [0.717, 1.165) is 0 Å². The summed E-state index contributed by atoms with van der Waals surface area (Å²) in [6.07, 6.45) is -0.0300. The third-order valence-corrected chi connectivity index (χ3v) is 3.31. The predicted octanol–water partition coefficient (Wildman–Crippen LogP) is 1.92. The van der Waals surface area contributed by atoms with Gasteiger partial charge in [0.25, 0.3) is 0 Å². The summed E-state index contributed by atoms with van der Waals surface area (Å²) in [7, 11) is 1.24. The van der Waals surface area contributed by atoms with Crippen LogP contribution in [0.2, 0.25) is 0 Å². The molecular formula is C13H20O7S. The average molecular weight is 320 g/mol. The SMILES string of the molecule is COC(=O)CCC(=O)C(C)SC(=O)OCOC(=O)C(C)C. The van der Waals surface area contributed by atoms with E-state index in [9.17, 15) is 19.2 Å². The Kier molecular flexibility index (Phi) is 9.44. The molecule has 0 amide bonds. The molecule has 1 unspecified atom stereocenters. The normalized spacial score (nSPS) is 11.7. The maximum atomic E-state index is 11.6. The van der Waals surface area contributed by atoms with E-state index in [-0.39, 0.29) is 24.5 Å². The molecule has 0 aromatic carbocycles. The summed E-state index contributed by atoms with van der Waals surface area (Å²) in [4.78, 5) is 45.1. The molecule has 0 fully saturated rings. The molecule has 0 aliphatic heterocycles. The van der Waals surface area contributed by atoms with Crippen LogP contribution in [0.1, 0.15) is 33.6 Å². The maximum Gasteiger partial charge on any atom is 0.370 e. The van der Waals surface area contributed by atoms with Gasteiger partial charge < -0.3 is 14.2 Å². The van der Waals surface area contributed by atoms with Crippen LogP contribution in [-0.2, 0) is 28.6 Å². The average Bonchev–Trinajstić information content (AvgIpc) is 2.43. The first-order chi connectivity index (χ1) is 9.77. The van der Waals surface area contributed by atoms with Gasteiger partial charge in [-0.05, 0) is 18.7 Å². The number of hydrogen-bond donors (Lipinski definition) is 0. The van der Waals surface area contributed by atoms with Crippen molar-refractivity contribution >= 4 is 34.8 Å². The molecule has 8 heteroatoms. The molecule has 0 aromatic heterocycles. The molecule has 0 saturated carbocycles. The lowest BCUT2D eigenvalue weighted by Gasteiger charge is -2.10. The van der Waals surface area contributed by atoms with Crippen molar-refractivity contribution in [1.29, 1.82) is 0 Å². The highest BCUT2D eigenvalue weighted by atomic mass is 32.2. The zero-order valence-electron chi connectivity index (χ0n) is 12.5. The second-order valence-corrected chi connectivity index (χ2v) is 5.71. The third kappa shape index (κ3) is 9.06. The van der Waals surface area contributed by atoms with Gasteiger partial charge in [-0.3, -0.25) is 14.4 Å². The highest BCUT2D eigenvalue weighted by Crippen LogP contribution is 2.16. The van der Waals surface area contributed by atoms with Gasteiger partial charge in [0.05, 0.1) is 24.7 Å². The molecule has 21 heavy (non-hydrogen) atoms. The van der Waals surface area contributed by atoms with Gasteiger partial charge in [-0.1, -0.05) is 13.8 Å². The fourth-order valence-electron chi connectivity index (χ4n) is 1.08. The summed E-state index contributed by atoms with van der Waals surface area (Å²) >= 11 is 0.673. The molecule has 0 aliphatic rings. The second kappa shape index (κ2) is 10.2. The minimum Gasteiger partial charge on any atom is -0.469 e. The number of rotatable bonds is 8. The fraction of sp³-hybridized carbons (Fsp3) is 0.692. The quantitative estimate of drug-likeness (QED) is 0.494. The standard InChI is InChI=1S/C13H20O7S/c1-8(2)12(16)19-7-20-13(17)21-9(3)10(14)5-6-11(15)18-4/h8-9H,5-7H2,1-4H3. The van der Waals surface area contributed by atoms with Gasteiger partial charge in [0.1, 0.15) is 5.78 Å². The Hall–Kier alpha value is -1.57. The lowest BCUT2D eigenvalue weighted by molar-refractivity contribution is -0.155. The highest BCUT2D eigenvalue weighted by Gasteiger charge is 2.20. The molecule has 0 N–H and O–H groups in total. The maximum absolute atomic E-state index is 11.6. The van der Waals surface area contributed by atoms with Crippen molar-refractivity contribution in [2.45, 2.75) is 38.9 Å². The Balaban J connectivity index is 3.95. The molecule has 0 aromatic rings. The van der Waals surface area contributed by atoms with Gasteiger partial charge >= 0.3 is 17.2 Å². The van der Waals surface area contributed by atoms with Crippen LogP contribution in [0.5, 0.6) is 0 Å². The largest absolute Gasteiger partial charge is 0.469 e. The van der Waals surface area contributed by atoms with Crippen LogP contribution in [-0.4, -0.2) is 42.2 Å². The van der Waals surface area contributed by atoms with Crippen LogP contribution in [0.3, 0.4) is 0 Å². The zero-order chi connectivity index (χ0) is 16.4. The lowest BCUT2D eigenvalue weighted by atomic mass is 10.2. The lowest BCUT2D eigenvalue weighted by Crippen LogP contribution is -2.19. The topological polar surface area (TPSA) is 96.0 Å².